The van der Waals surface area contributed by atoms with Gasteiger partial charge in [-0.25, -0.2) is 4.79 Å². The number of ether oxygens (including phenoxy) is 2. The highest BCUT2D eigenvalue weighted by molar-refractivity contribution is 9.10. The number of aromatic nitrogens is 1. The van der Waals surface area contributed by atoms with E-state index in [1.165, 1.54) is 7.11 Å². The molecule has 1 aromatic rings. The maximum absolute atomic E-state index is 11.9. The van der Waals surface area contributed by atoms with Gasteiger partial charge in [0.2, 0.25) is 0 Å². The molecule has 0 spiro atoms. The van der Waals surface area contributed by atoms with Crippen molar-refractivity contribution in [1.82, 2.24) is 20.9 Å². The molecule has 3 heterocycles. The van der Waals surface area contributed by atoms with Crippen LogP contribution in [0.4, 0.5) is 4.79 Å². The molecule has 3 atom stereocenters. The molecular formula is C12H15BrN4O4. The van der Waals surface area contributed by atoms with Crippen LogP contribution in [0.15, 0.2) is 16.7 Å². The minimum absolute atomic E-state index is 0.218. The molecule has 3 rings (SSSR count). The van der Waals surface area contributed by atoms with Crippen molar-refractivity contribution in [3.63, 3.8) is 0 Å². The summed E-state index contributed by atoms with van der Waals surface area (Å²) in [7, 11) is 1.51. The van der Waals surface area contributed by atoms with Gasteiger partial charge in [-0.05, 0) is 22.0 Å². The predicted molar refractivity (Wildman–Crippen MR) is 75.5 cm³/mol. The van der Waals surface area contributed by atoms with E-state index < -0.39 is 12.0 Å². The summed E-state index contributed by atoms with van der Waals surface area (Å²) in [6.45, 7) is 0.328. The van der Waals surface area contributed by atoms with Crippen LogP contribution in [-0.2, 0) is 9.47 Å². The first-order valence-corrected chi connectivity index (χ1v) is 7.23. The fourth-order valence-electron chi connectivity index (χ4n) is 2.57. The van der Waals surface area contributed by atoms with E-state index in [2.05, 4.69) is 36.9 Å². The number of hydrogen-bond donors (Lipinski definition) is 4. The summed E-state index contributed by atoms with van der Waals surface area (Å²) in [5.41, 5.74) is -0.393. The number of halogens is 1. The summed E-state index contributed by atoms with van der Waals surface area (Å²) < 4.78 is 11.9. The van der Waals surface area contributed by atoms with Crippen LogP contribution in [0.25, 0.3) is 0 Å². The molecule has 0 aromatic carbocycles. The van der Waals surface area contributed by atoms with Gasteiger partial charge in [-0.15, -0.1) is 0 Å². The van der Waals surface area contributed by atoms with E-state index in [1.54, 1.807) is 12.3 Å². The zero-order valence-corrected chi connectivity index (χ0v) is 12.8. The molecule has 3 unspecified atom stereocenters. The van der Waals surface area contributed by atoms with E-state index >= 15 is 0 Å². The largest absolute Gasteiger partial charge is 0.356 e. The molecule has 2 saturated heterocycles. The smallest absolute Gasteiger partial charge is 0.319 e. The summed E-state index contributed by atoms with van der Waals surface area (Å²) in [4.78, 5) is 26.1. The van der Waals surface area contributed by atoms with Crippen LogP contribution in [0.5, 0.6) is 0 Å². The van der Waals surface area contributed by atoms with Crippen LogP contribution in [0.2, 0.25) is 0 Å². The van der Waals surface area contributed by atoms with Crippen LogP contribution in [0.3, 0.4) is 0 Å². The van der Waals surface area contributed by atoms with Crippen LogP contribution in [-0.4, -0.2) is 48.6 Å². The topological polar surface area (TPSA) is 104 Å². The number of urea groups is 1. The first-order valence-electron chi connectivity index (χ1n) is 6.44. The first kappa shape index (κ1) is 14.4. The van der Waals surface area contributed by atoms with Crippen molar-refractivity contribution < 1.29 is 19.1 Å². The second-order valence-electron chi connectivity index (χ2n) is 4.98. The van der Waals surface area contributed by atoms with Gasteiger partial charge in [0.05, 0.1) is 6.10 Å². The van der Waals surface area contributed by atoms with Crippen LogP contribution < -0.4 is 16.0 Å². The summed E-state index contributed by atoms with van der Waals surface area (Å²) in [5, 5.41) is 8.13. The number of nitrogens with one attached hydrogen (secondary N) is 4. The van der Waals surface area contributed by atoms with Crippen molar-refractivity contribution in [1.29, 1.82) is 0 Å². The molecule has 4 N–H and O–H groups in total. The molecule has 0 radical (unpaired) electrons. The zero-order valence-electron chi connectivity index (χ0n) is 11.2. The van der Waals surface area contributed by atoms with Gasteiger partial charge in [0.25, 0.3) is 5.91 Å². The zero-order chi connectivity index (χ0) is 15.0. The predicted octanol–water partition coefficient (Wildman–Crippen LogP) is 0.277. The number of carbonyl (C=O) groups excluding carboxylic acids is 2. The Morgan fingerprint density at radius 1 is 1.67 bits per heavy atom. The molecule has 0 bridgehead atoms. The Bertz CT molecular complexity index is 577. The van der Waals surface area contributed by atoms with E-state index in [0.29, 0.717) is 18.7 Å². The molecule has 3 amide bonds. The van der Waals surface area contributed by atoms with Gasteiger partial charge in [0.15, 0.2) is 12.0 Å². The third-order valence-corrected chi connectivity index (χ3v) is 4.08. The highest BCUT2D eigenvalue weighted by atomic mass is 79.9. The van der Waals surface area contributed by atoms with Gasteiger partial charge in [-0.2, -0.15) is 0 Å². The minimum Gasteiger partial charge on any atom is -0.356 e. The van der Waals surface area contributed by atoms with Crippen molar-refractivity contribution in [3.05, 3.63) is 22.4 Å². The normalized spacial score (nSPS) is 30.7. The van der Waals surface area contributed by atoms with E-state index in [9.17, 15) is 9.59 Å². The van der Waals surface area contributed by atoms with Crippen molar-refractivity contribution in [2.24, 2.45) is 0 Å². The number of carbonyl (C=O) groups is 2. The Morgan fingerprint density at radius 3 is 3.10 bits per heavy atom. The average molecular weight is 359 g/mol. The number of rotatable bonds is 4. The molecule has 114 valence electrons. The Hall–Kier alpha value is -1.58. The number of aromatic amines is 1. The third kappa shape index (κ3) is 2.63. The Morgan fingerprint density at radius 2 is 2.48 bits per heavy atom. The molecular weight excluding hydrogens is 344 g/mol. The maximum atomic E-state index is 11.9. The first-order chi connectivity index (χ1) is 10.0. The molecule has 2 fully saturated rings. The lowest BCUT2D eigenvalue weighted by atomic mass is 10.1. The average Bonchev–Trinajstić information content (AvgIpc) is 3.08. The molecule has 1 aromatic heterocycles. The Labute approximate surface area is 129 Å². The quantitative estimate of drug-likeness (QED) is 0.620. The summed E-state index contributed by atoms with van der Waals surface area (Å²) >= 11 is 3.27. The lowest BCUT2D eigenvalue weighted by Crippen LogP contribution is -2.48. The highest BCUT2D eigenvalue weighted by Gasteiger charge is 2.55. The summed E-state index contributed by atoms with van der Waals surface area (Å²) in [6, 6.07) is 1.37. The van der Waals surface area contributed by atoms with E-state index in [0.717, 1.165) is 4.47 Å². The minimum atomic E-state index is -0.859. The molecule has 2 aliphatic rings. The maximum Gasteiger partial charge on any atom is 0.319 e. The van der Waals surface area contributed by atoms with Crippen molar-refractivity contribution in [2.45, 2.75) is 24.5 Å². The van der Waals surface area contributed by atoms with Gasteiger partial charge in [0, 0.05) is 30.7 Å². The number of amides is 3. The number of H-pyrrole nitrogens is 1. The lowest BCUT2D eigenvalue weighted by Gasteiger charge is -2.23. The fraction of sp³-hybridized carbons (Fsp3) is 0.500. The highest BCUT2D eigenvalue weighted by Crippen LogP contribution is 2.32. The van der Waals surface area contributed by atoms with Gasteiger partial charge < -0.3 is 30.4 Å². The van der Waals surface area contributed by atoms with Crippen molar-refractivity contribution >= 4 is 27.9 Å². The molecule has 9 heteroatoms. The number of fused-ring (bicyclic) bond motifs is 1. The van der Waals surface area contributed by atoms with Gasteiger partial charge in [-0.1, -0.05) is 0 Å². The molecule has 8 nitrogen and oxygen atoms in total. The van der Waals surface area contributed by atoms with Crippen molar-refractivity contribution in [3.8, 4) is 0 Å². The number of hydrogen-bond acceptors (Lipinski definition) is 4. The van der Waals surface area contributed by atoms with Crippen molar-refractivity contribution in [2.75, 3.05) is 13.7 Å². The van der Waals surface area contributed by atoms with Gasteiger partial charge in [-0.3, -0.25) is 4.79 Å². The lowest BCUT2D eigenvalue weighted by molar-refractivity contribution is -0.0723. The standard InChI is InChI=1S/C12H15BrN4O4/c1-20-12-3-7(21-10(12)16-11(19)17-12)5-15-9(18)8-2-6(13)4-14-8/h2,4,7,10,14H,3,5H2,1H3,(H,15,18)(H2,16,17,19). The van der Waals surface area contributed by atoms with Crippen LogP contribution in [0.1, 0.15) is 16.9 Å². The monoisotopic (exact) mass is 358 g/mol. The number of methoxy groups -OCH3 is 1. The van der Waals surface area contributed by atoms with Gasteiger partial charge in [0.1, 0.15) is 5.69 Å². The third-order valence-electron chi connectivity index (χ3n) is 3.62. The fourth-order valence-corrected chi connectivity index (χ4v) is 2.92. The Kier molecular flexibility index (Phi) is 3.64. The van der Waals surface area contributed by atoms with Crippen LogP contribution >= 0.6 is 15.9 Å². The van der Waals surface area contributed by atoms with E-state index in [-0.39, 0.29) is 18.0 Å². The van der Waals surface area contributed by atoms with E-state index in [1.807, 2.05) is 0 Å². The summed E-state index contributed by atoms with van der Waals surface area (Å²) in [5.74, 6) is -0.218. The van der Waals surface area contributed by atoms with Gasteiger partial charge >= 0.3 is 6.03 Å². The Balaban J connectivity index is 1.56. The van der Waals surface area contributed by atoms with Crippen LogP contribution in [0, 0.1) is 0 Å². The molecule has 21 heavy (non-hydrogen) atoms. The molecule has 2 aliphatic heterocycles. The summed E-state index contributed by atoms with van der Waals surface area (Å²) in [6.07, 6.45) is 1.36. The van der Waals surface area contributed by atoms with E-state index in [4.69, 9.17) is 9.47 Å². The SMILES string of the molecule is COC12CC(CNC(=O)c3cc(Br)c[nH]3)OC1NC(=O)N2. The second-order valence-corrected chi connectivity index (χ2v) is 5.89. The molecule has 0 saturated carbocycles. The second kappa shape index (κ2) is 5.32. The molecule has 0 aliphatic carbocycles.